The van der Waals surface area contributed by atoms with E-state index < -0.39 is 0 Å². The van der Waals surface area contributed by atoms with E-state index in [0.717, 1.165) is 12.8 Å². The first-order valence-electron chi connectivity index (χ1n) is 5.28. The van der Waals surface area contributed by atoms with Crippen LogP contribution >= 0.6 is 24.0 Å². The number of rotatable bonds is 1. The monoisotopic (exact) mass is 274 g/mol. The van der Waals surface area contributed by atoms with Gasteiger partial charge in [0, 0.05) is 5.92 Å². The van der Waals surface area contributed by atoms with E-state index in [1.807, 2.05) is 0 Å². The van der Waals surface area contributed by atoms with Crippen LogP contribution in [0.3, 0.4) is 0 Å². The molecule has 2 heterocycles. The van der Waals surface area contributed by atoms with E-state index >= 15 is 0 Å². The Labute approximate surface area is 109 Å². The van der Waals surface area contributed by atoms with Gasteiger partial charge in [0.2, 0.25) is 0 Å². The summed E-state index contributed by atoms with van der Waals surface area (Å²) in [6.45, 7) is 0. The van der Waals surface area contributed by atoms with E-state index in [-0.39, 0.29) is 24.4 Å². The second kappa shape index (κ2) is 4.76. The molecule has 17 heavy (non-hydrogen) atoms. The highest BCUT2D eigenvalue weighted by Gasteiger charge is 2.27. The predicted molar refractivity (Wildman–Crippen MR) is 66.5 cm³/mol. The number of imidazole rings is 1. The third kappa shape index (κ3) is 2.22. The normalized spacial score (nSPS) is 23.9. The number of H-pyrrole nitrogens is 1. The number of aliphatic hydroxyl groups is 1. The van der Waals surface area contributed by atoms with Gasteiger partial charge in [0.15, 0.2) is 10.8 Å². The van der Waals surface area contributed by atoms with Gasteiger partial charge < -0.3 is 10.1 Å². The first-order chi connectivity index (χ1) is 7.74. The highest BCUT2D eigenvalue weighted by molar-refractivity contribution is 6.33. The van der Waals surface area contributed by atoms with Gasteiger partial charge in [-0.15, -0.1) is 12.4 Å². The molecule has 0 aromatic carbocycles. The van der Waals surface area contributed by atoms with Gasteiger partial charge in [-0.2, -0.15) is 0 Å². The Bertz CT molecular complexity index is 530. The number of nitrogens with one attached hydrogen (secondary N) is 1. The smallest absolute Gasteiger partial charge is 0.182 e. The second-order valence-corrected chi connectivity index (χ2v) is 4.50. The molecule has 5 nitrogen and oxygen atoms in total. The van der Waals surface area contributed by atoms with E-state index in [1.54, 1.807) is 6.33 Å². The lowest BCUT2D eigenvalue weighted by molar-refractivity contribution is 0.181. The molecule has 0 bridgehead atoms. The second-order valence-electron chi connectivity index (χ2n) is 4.14. The third-order valence-electron chi connectivity index (χ3n) is 3.03. The standard InChI is InChI=1S/C10H11ClN4O.ClH/c11-8-7-10(13-4-12-7)15-9(14-8)5-1-2-6(16)3-5;/h4-6,16H,1-3H2,(H,12,13,14,15);1H. The fourth-order valence-electron chi connectivity index (χ4n) is 2.19. The summed E-state index contributed by atoms with van der Waals surface area (Å²) in [7, 11) is 0. The van der Waals surface area contributed by atoms with Crippen molar-refractivity contribution in [3.8, 4) is 0 Å². The Kier molecular flexibility index (Phi) is 3.51. The molecule has 1 fully saturated rings. The van der Waals surface area contributed by atoms with Gasteiger partial charge in [-0.1, -0.05) is 11.6 Å². The molecule has 3 rings (SSSR count). The van der Waals surface area contributed by atoms with Gasteiger partial charge in [-0.05, 0) is 19.3 Å². The summed E-state index contributed by atoms with van der Waals surface area (Å²) < 4.78 is 0. The number of aromatic amines is 1. The van der Waals surface area contributed by atoms with Crippen LogP contribution in [0.15, 0.2) is 6.33 Å². The van der Waals surface area contributed by atoms with Crippen molar-refractivity contribution < 1.29 is 5.11 Å². The molecule has 2 N–H and O–H groups in total. The van der Waals surface area contributed by atoms with Gasteiger partial charge in [-0.25, -0.2) is 15.0 Å². The van der Waals surface area contributed by atoms with Crippen molar-refractivity contribution in [3.63, 3.8) is 0 Å². The molecular weight excluding hydrogens is 263 g/mol. The lowest BCUT2D eigenvalue weighted by Gasteiger charge is -2.07. The van der Waals surface area contributed by atoms with Gasteiger partial charge in [-0.3, -0.25) is 0 Å². The molecule has 0 amide bonds. The lowest BCUT2D eigenvalue weighted by Crippen LogP contribution is -2.04. The van der Waals surface area contributed by atoms with Crippen molar-refractivity contribution in [1.82, 2.24) is 19.9 Å². The zero-order chi connectivity index (χ0) is 11.1. The fraction of sp³-hybridized carbons (Fsp3) is 0.500. The third-order valence-corrected chi connectivity index (χ3v) is 3.30. The van der Waals surface area contributed by atoms with Crippen LogP contribution < -0.4 is 0 Å². The molecular formula is C10H12Cl2N4O. The van der Waals surface area contributed by atoms with Crippen LogP contribution in [-0.4, -0.2) is 31.1 Å². The van der Waals surface area contributed by atoms with Crippen molar-refractivity contribution in [2.24, 2.45) is 0 Å². The Balaban J connectivity index is 0.00000108. The quantitative estimate of drug-likeness (QED) is 0.781. The van der Waals surface area contributed by atoms with Crippen molar-refractivity contribution in [2.45, 2.75) is 31.3 Å². The van der Waals surface area contributed by atoms with Gasteiger partial charge >= 0.3 is 0 Å². The molecule has 1 aliphatic rings. The predicted octanol–water partition coefficient (Wildman–Crippen LogP) is 2.06. The summed E-state index contributed by atoms with van der Waals surface area (Å²) in [5.41, 5.74) is 1.26. The number of hydrogen-bond donors (Lipinski definition) is 2. The van der Waals surface area contributed by atoms with Crippen LogP contribution in [-0.2, 0) is 0 Å². The largest absolute Gasteiger partial charge is 0.393 e. The molecule has 0 saturated heterocycles. The molecule has 0 spiro atoms. The van der Waals surface area contributed by atoms with Crippen LogP contribution in [0, 0.1) is 0 Å². The van der Waals surface area contributed by atoms with Crippen LogP contribution in [0.2, 0.25) is 5.15 Å². The minimum absolute atomic E-state index is 0. The number of hydrogen-bond acceptors (Lipinski definition) is 4. The summed E-state index contributed by atoms with van der Waals surface area (Å²) in [5.74, 6) is 0.898. The van der Waals surface area contributed by atoms with Crippen LogP contribution in [0.25, 0.3) is 11.2 Å². The summed E-state index contributed by atoms with van der Waals surface area (Å²) in [6.07, 6.45) is 3.75. The molecule has 0 radical (unpaired) electrons. The first kappa shape index (κ1) is 12.5. The van der Waals surface area contributed by atoms with E-state index in [2.05, 4.69) is 19.9 Å². The highest BCUT2D eigenvalue weighted by Crippen LogP contribution is 2.33. The summed E-state index contributed by atoms with van der Waals surface area (Å²) >= 11 is 6.03. The average molecular weight is 275 g/mol. The number of halogens is 2. The van der Waals surface area contributed by atoms with Gasteiger partial charge in [0.25, 0.3) is 0 Å². The summed E-state index contributed by atoms with van der Waals surface area (Å²) in [6, 6.07) is 0. The minimum atomic E-state index is -0.234. The van der Waals surface area contributed by atoms with Crippen molar-refractivity contribution in [3.05, 3.63) is 17.3 Å². The summed E-state index contributed by atoms with van der Waals surface area (Å²) in [5, 5.41) is 9.89. The first-order valence-corrected chi connectivity index (χ1v) is 5.66. The Morgan fingerprint density at radius 2 is 2.18 bits per heavy atom. The van der Waals surface area contributed by atoms with Crippen LogP contribution in [0.5, 0.6) is 0 Å². The zero-order valence-electron chi connectivity index (χ0n) is 8.93. The molecule has 7 heteroatoms. The maximum Gasteiger partial charge on any atom is 0.182 e. The molecule has 1 saturated carbocycles. The zero-order valence-corrected chi connectivity index (χ0v) is 10.5. The van der Waals surface area contributed by atoms with Gasteiger partial charge in [0.1, 0.15) is 11.3 Å². The highest BCUT2D eigenvalue weighted by atomic mass is 35.5. The number of aliphatic hydroxyl groups excluding tert-OH is 1. The lowest BCUT2D eigenvalue weighted by atomic mass is 10.1. The Morgan fingerprint density at radius 1 is 1.35 bits per heavy atom. The fourth-order valence-corrected chi connectivity index (χ4v) is 2.41. The van der Waals surface area contributed by atoms with Crippen LogP contribution in [0.1, 0.15) is 31.0 Å². The van der Waals surface area contributed by atoms with E-state index in [4.69, 9.17) is 11.6 Å². The minimum Gasteiger partial charge on any atom is -0.393 e. The SMILES string of the molecule is Cl.OC1CCC(c2nc(Cl)c3[nH]cnc3n2)C1. The molecule has 2 aromatic heterocycles. The Morgan fingerprint density at radius 3 is 2.88 bits per heavy atom. The molecule has 92 valence electrons. The van der Waals surface area contributed by atoms with Crippen molar-refractivity contribution in [1.29, 1.82) is 0 Å². The number of fused-ring (bicyclic) bond motifs is 1. The molecule has 1 aliphatic carbocycles. The Hall–Kier alpha value is -0.910. The number of aromatic nitrogens is 4. The molecule has 2 aromatic rings. The van der Waals surface area contributed by atoms with Crippen LogP contribution in [0.4, 0.5) is 0 Å². The number of nitrogens with zero attached hydrogens (tertiary/aromatic N) is 3. The maximum atomic E-state index is 9.49. The topological polar surface area (TPSA) is 74.7 Å². The van der Waals surface area contributed by atoms with Gasteiger partial charge in [0.05, 0.1) is 12.4 Å². The van der Waals surface area contributed by atoms with Crippen molar-refractivity contribution >= 4 is 35.2 Å². The maximum absolute atomic E-state index is 9.49. The van der Waals surface area contributed by atoms with E-state index in [1.165, 1.54) is 0 Å². The molecule has 2 atom stereocenters. The van der Waals surface area contributed by atoms with E-state index in [9.17, 15) is 5.11 Å². The summed E-state index contributed by atoms with van der Waals surface area (Å²) in [4.78, 5) is 15.6. The van der Waals surface area contributed by atoms with Crippen molar-refractivity contribution in [2.75, 3.05) is 0 Å². The van der Waals surface area contributed by atoms with E-state index in [0.29, 0.717) is 28.6 Å². The molecule has 2 unspecified atom stereocenters. The molecule has 0 aliphatic heterocycles. The average Bonchev–Trinajstić information content (AvgIpc) is 2.85.